The van der Waals surface area contributed by atoms with E-state index >= 15 is 0 Å². The lowest BCUT2D eigenvalue weighted by atomic mass is 9.98. The molecular formula is C26H18O7. The highest BCUT2D eigenvalue weighted by atomic mass is 16.5. The quantitative estimate of drug-likeness (QED) is 0.315. The molecule has 4 aromatic heterocycles. The first kappa shape index (κ1) is 19.4. The first-order valence-electron chi connectivity index (χ1n) is 10.4. The van der Waals surface area contributed by atoms with Crippen LogP contribution in [0.15, 0.2) is 69.9 Å². The standard InChI is InChI=1S/C26H18O7/c1-12-6-22(27)33-25-14(3)24-17(7-13(2)31-24)18(23(12)25)11-30-21-9-16-8-15-4-5-29-19(15)10-20(16)32-26(21)28/h4-10H,11H2,1-3H3. The van der Waals surface area contributed by atoms with Crippen LogP contribution in [0.4, 0.5) is 0 Å². The van der Waals surface area contributed by atoms with Crippen LogP contribution in [0.3, 0.4) is 0 Å². The van der Waals surface area contributed by atoms with Gasteiger partial charge in [-0.05, 0) is 50.6 Å². The Hall–Kier alpha value is -4.26. The van der Waals surface area contributed by atoms with Gasteiger partial charge in [0.05, 0.1) is 6.26 Å². The molecule has 7 heteroatoms. The first-order valence-corrected chi connectivity index (χ1v) is 10.4. The highest BCUT2D eigenvalue weighted by Gasteiger charge is 2.20. The van der Waals surface area contributed by atoms with Crippen LogP contribution >= 0.6 is 0 Å². The van der Waals surface area contributed by atoms with E-state index in [1.807, 2.05) is 39.0 Å². The minimum absolute atomic E-state index is 0.0606. The van der Waals surface area contributed by atoms with Gasteiger partial charge in [-0.1, -0.05) is 0 Å². The molecule has 0 bridgehead atoms. The molecule has 0 radical (unpaired) electrons. The Morgan fingerprint density at radius 1 is 0.848 bits per heavy atom. The smallest absolute Gasteiger partial charge is 0.379 e. The van der Waals surface area contributed by atoms with Crippen molar-refractivity contribution in [3.63, 3.8) is 0 Å². The van der Waals surface area contributed by atoms with Gasteiger partial charge in [0.2, 0.25) is 5.75 Å². The van der Waals surface area contributed by atoms with Gasteiger partial charge < -0.3 is 22.4 Å². The maximum absolute atomic E-state index is 12.6. The maximum atomic E-state index is 12.6. The summed E-state index contributed by atoms with van der Waals surface area (Å²) in [4.78, 5) is 24.7. The molecule has 0 atom stereocenters. The second-order valence-electron chi connectivity index (χ2n) is 8.19. The summed E-state index contributed by atoms with van der Waals surface area (Å²) in [5, 5.41) is 3.23. The van der Waals surface area contributed by atoms with Crippen LogP contribution in [0.1, 0.15) is 22.5 Å². The lowest BCUT2D eigenvalue weighted by molar-refractivity contribution is 0.293. The summed E-state index contributed by atoms with van der Waals surface area (Å²) in [5.74, 6) is 0.807. The van der Waals surface area contributed by atoms with Gasteiger partial charge >= 0.3 is 11.3 Å². The summed E-state index contributed by atoms with van der Waals surface area (Å²) >= 11 is 0. The van der Waals surface area contributed by atoms with E-state index in [-0.39, 0.29) is 12.4 Å². The molecular weight excluding hydrogens is 424 g/mol. The molecule has 0 N–H and O–H groups in total. The van der Waals surface area contributed by atoms with Gasteiger partial charge in [-0.15, -0.1) is 0 Å². The van der Waals surface area contributed by atoms with Gasteiger partial charge in [0.1, 0.15) is 34.7 Å². The largest absolute Gasteiger partial charge is 0.482 e. The van der Waals surface area contributed by atoms with Gasteiger partial charge in [-0.25, -0.2) is 9.59 Å². The number of ether oxygens (including phenoxy) is 1. The molecule has 0 fully saturated rings. The van der Waals surface area contributed by atoms with E-state index < -0.39 is 11.3 Å². The van der Waals surface area contributed by atoms with E-state index in [1.54, 1.807) is 18.4 Å². The first-order chi connectivity index (χ1) is 15.9. The average molecular weight is 442 g/mol. The number of aryl methyl sites for hydroxylation is 3. The van der Waals surface area contributed by atoms with Crippen molar-refractivity contribution >= 4 is 43.9 Å². The molecule has 7 nitrogen and oxygen atoms in total. The van der Waals surface area contributed by atoms with Crippen molar-refractivity contribution in [2.45, 2.75) is 27.4 Å². The highest BCUT2D eigenvalue weighted by molar-refractivity contribution is 6.02. The van der Waals surface area contributed by atoms with Crippen molar-refractivity contribution in [1.29, 1.82) is 0 Å². The molecule has 0 saturated carbocycles. The lowest BCUT2D eigenvalue weighted by Gasteiger charge is -2.13. The third-order valence-corrected chi connectivity index (χ3v) is 5.97. The normalized spacial score (nSPS) is 11.8. The van der Waals surface area contributed by atoms with Crippen LogP contribution < -0.4 is 16.0 Å². The number of hydrogen-bond donors (Lipinski definition) is 0. The van der Waals surface area contributed by atoms with E-state index in [4.69, 9.17) is 22.4 Å². The predicted molar refractivity (Wildman–Crippen MR) is 123 cm³/mol. The van der Waals surface area contributed by atoms with Gasteiger partial charge in [0.15, 0.2) is 0 Å². The van der Waals surface area contributed by atoms with Crippen LogP contribution in [0.25, 0.3) is 43.9 Å². The lowest BCUT2D eigenvalue weighted by Crippen LogP contribution is -2.08. The summed E-state index contributed by atoms with van der Waals surface area (Å²) in [6, 6.07) is 10.4. The fourth-order valence-corrected chi connectivity index (χ4v) is 4.46. The molecule has 0 aliphatic carbocycles. The summed E-state index contributed by atoms with van der Waals surface area (Å²) in [7, 11) is 0. The van der Waals surface area contributed by atoms with Gasteiger partial charge in [-0.3, -0.25) is 0 Å². The molecule has 4 heterocycles. The van der Waals surface area contributed by atoms with E-state index in [0.717, 1.165) is 44.0 Å². The van der Waals surface area contributed by atoms with Crippen molar-refractivity contribution in [3.05, 3.63) is 86.0 Å². The Morgan fingerprint density at radius 3 is 2.55 bits per heavy atom. The molecule has 0 aliphatic heterocycles. The second kappa shape index (κ2) is 6.87. The Labute approximate surface area is 185 Å². The molecule has 164 valence electrons. The zero-order valence-electron chi connectivity index (χ0n) is 18.1. The van der Waals surface area contributed by atoms with Crippen molar-refractivity contribution in [1.82, 2.24) is 0 Å². The van der Waals surface area contributed by atoms with Crippen LogP contribution in [0.2, 0.25) is 0 Å². The second-order valence-corrected chi connectivity index (χ2v) is 8.19. The van der Waals surface area contributed by atoms with Crippen molar-refractivity contribution in [2.24, 2.45) is 0 Å². The summed E-state index contributed by atoms with van der Waals surface area (Å²) in [5.41, 5.74) is 3.39. The molecule has 0 spiro atoms. The van der Waals surface area contributed by atoms with E-state index in [0.29, 0.717) is 22.3 Å². The third kappa shape index (κ3) is 2.96. The third-order valence-electron chi connectivity index (χ3n) is 5.97. The van der Waals surface area contributed by atoms with Crippen molar-refractivity contribution < 1.29 is 22.4 Å². The number of fused-ring (bicyclic) bond motifs is 4. The molecule has 2 aromatic carbocycles. The van der Waals surface area contributed by atoms with Crippen LogP contribution in [-0.2, 0) is 6.61 Å². The van der Waals surface area contributed by atoms with Crippen LogP contribution in [0, 0.1) is 20.8 Å². The number of benzene rings is 2. The van der Waals surface area contributed by atoms with Crippen molar-refractivity contribution in [2.75, 3.05) is 0 Å². The topological polar surface area (TPSA) is 95.9 Å². The molecule has 6 rings (SSSR count). The molecule has 33 heavy (non-hydrogen) atoms. The van der Waals surface area contributed by atoms with Crippen LogP contribution in [0.5, 0.6) is 5.75 Å². The van der Waals surface area contributed by atoms with E-state index in [1.165, 1.54) is 6.07 Å². The summed E-state index contributed by atoms with van der Waals surface area (Å²) in [6.07, 6.45) is 1.58. The summed E-state index contributed by atoms with van der Waals surface area (Å²) < 4.78 is 28.3. The molecule has 6 aromatic rings. The Kier molecular flexibility index (Phi) is 4.04. The van der Waals surface area contributed by atoms with E-state index in [9.17, 15) is 9.59 Å². The monoisotopic (exact) mass is 442 g/mol. The molecule has 0 unspecified atom stereocenters. The minimum atomic E-state index is -0.590. The molecule has 0 aliphatic rings. The fraction of sp³-hybridized carbons (Fsp3) is 0.154. The Morgan fingerprint density at radius 2 is 1.70 bits per heavy atom. The van der Waals surface area contributed by atoms with E-state index in [2.05, 4.69) is 0 Å². The Balaban J connectivity index is 1.51. The zero-order valence-corrected chi connectivity index (χ0v) is 18.1. The van der Waals surface area contributed by atoms with Gasteiger partial charge in [0.25, 0.3) is 0 Å². The van der Waals surface area contributed by atoms with Gasteiger partial charge in [-0.2, -0.15) is 0 Å². The van der Waals surface area contributed by atoms with Crippen LogP contribution in [-0.4, -0.2) is 0 Å². The maximum Gasteiger partial charge on any atom is 0.379 e. The predicted octanol–water partition coefficient (Wildman–Crippen LogP) is 5.90. The Bertz CT molecular complexity index is 1840. The average Bonchev–Trinajstić information content (AvgIpc) is 3.38. The number of rotatable bonds is 3. The molecule has 0 amide bonds. The van der Waals surface area contributed by atoms with Gasteiger partial charge in [0, 0.05) is 44.8 Å². The molecule has 0 saturated heterocycles. The zero-order chi connectivity index (χ0) is 22.9. The number of furan rings is 2. The summed E-state index contributed by atoms with van der Waals surface area (Å²) in [6.45, 7) is 5.62. The number of hydrogen-bond acceptors (Lipinski definition) is 7. The SMILES string of the molecule is Cc1cc2c(COc3cc4cc5ccoc5cc4oc3=O)c3c(C)cc(=O)oc3c(C)c2o1. The minimum Gasteiger partial charge on any atom is -0.482 e. The van der Waals surface area contributed by atoms with Crippen molar-refractivity contribution in [3.8, 4) is 5.75 Å². The fourth-order valence-electron chi connectivity index (χ4n) is 4.46. The highest BCUT2D eigenvalue weighted by Crippen LogP contribution is 2.36.